The number of pyridine rings is 1. The molecular weight excluding hydrogens is 256 g/mol. The maximum Gasteiger partial charge on any atom is 0.129 e. The molecule has 1 N–H and O–H groups in total. The molecule has 100 valence electrons. The summed E-state index contributed by atoms with van der Waals surface area (Å²) in [5.74, 6) is 0. The minimum atomic E-state index is 0.249. The van der Waals surface area contributed by atoms with Crippen LogP contribution < -0.4 is 5.32 Å². The number of hydrogen-bond acceptors (Lipinski definition) is 2. The summed E-state index contributed by atoms with van der Waals surface area (Å²) in [4.78, 5) is 4.07. The Morgan fingerprint density at radius 3 is 2.47 bits per heavy atom. The standard InChI is InChI=1S/C16H19ClN2/c1-3-4-13-5-7-14(8-6-13)12(2)19-15-9-10-16(17)18-11-15/h5-12,19H,3-4H2,1-2H3. The number of aromatic nitrogens is 1. The summed E-state index contributed by atoms with van der Waals surface area (Å²) in [5, 5.41) is 3.93. The predicted octanol–water partition coefficient (Wildman–Crippen LogP) is 4.86. The molecule has 0 fully saturated rings. The summed E-state index contributed by atoms with van der Waals surface area (Å²) < 4.78 is 0. The van der Waals surface area contributed by atoms with Crippen molar-refractivity contribution in [2.24, 2.45) is 0 Å². The third kappa shape index (κ3) is 3.97. The number of benzene rings is 1. The Labute approximate surface area is 119 Å². The topological polar surface area (TPSA) is 24.9 Å². The monoisotopic (exact) mass is 274 g/mol. The third-order valence-electron chi connectivity index (χ3n) is 3.13. The van der Waals surface area contributed by atoms with Crippen molar-refractivity contribution in [2.45, 2.75) is 32.7 Å². The van der Waals surface area contributed by atoms with Gasteiger partial charge in [-0.15, -0.1) is 0 Å². The largest absolute Gasteiger partial charge is 0.377 e. The summed E-state index contributed by atoms with van der Waals surface area (Å²) in [6.07, 6.45) is 4.08. The van der Waals surface area contributed by atoms with Gasteiger partial charge in [0.2, 0.25) is 0 Å². The van der Waals surface area contributed by atoms with Crippen molar-refractivity contribution >= 4 is 17.3 Å². The molecule has 0 aliphatic rings. The van der Waals surface area contributed by atoms with Crippen LogP contribution in [0.3, 0.4) is 0 Å². The molecule has 3 heteroatoms. The Bertz CT molecular complexity index is 505. The van der Waals surface area contributed by atoms with Crippen molar-refractivity contribution in [3.63, 3.8) is 0 Å². The molecule has 0 amide bonds. The molecule has 1 atom stereocenters. The maximum atomic E-state index is 5.77. The highest BCUT2D eigenvalue weighted by Crippen LogP contribution is 2.20. The van der Waals surface area contributed by atoms with E-state index < -0.39 is 0 Å². The van der Waals surface area contributed by atoms with Gasteiger partial charge < -0.3 is 5.32 Å². The molecule has 19 heavy (non-hydrogen) atoms. The Morgan fingerprint density at radius 2 is 1.89 bits per heavy atom. The molecule has 2 nitrogen and oxygen atoms in total. The maximum absolute atomic E-state index is 5.77. The minimum absolute atomic E-state index is 0.249. The van der Waals surface area contributed by atoms with E-state index in [0.717, 1.165) is 12.1 Å². The van der Waals surface area contributed by atoms with E-state index in [0.29, 0.717) is 5.15 Å². The van der Waals surface area contributed by atoms with Gasteiger partial charge in [-0.25, -0.2) is 4.98 Å². The van der Waals surface area contributed by atoms with Gasteiger partial charge in [0.1, 0.15) is 5.15 Å². The van der Waals surface area contributed by atoms with Gasteiger partial charge in [-0.1, -0.05) is 49.2 Å². The highest BCUT2D eigenvalue weighted by molar-refractivity contribution is 6.29. The second-order valence-corrected chi connectivity index (χ2v) is 5.11. The van der Waals surface area contributed by atoms with Gasteiger partial charge in [-0.2, -0.15) is 0 Å². The van der Waals surface area contributed by atoms with Crippen molar-refractivity contribution in [2.75, 3.05) is 5.32 Å². The lowest BCUT2D eigenvalue weighted by molar-refractivity contribution is 0.875. The number of nitrogens with zero attached hydrogens (tertiary/aromatic N) is 1. The highest BCUT2D eigenvalue weighted by atomic mass is 35.5. The third-order valence-corrected chi connectivity index (χ3v) is 3.35. The zero-order valence-electron chi connectivity index (χ0n) is 11.4. The molecule has 1 unspecified atom stereocenters. The van der Waals surface area contributed by atoms with E-state index in [1.165, 1.54) is 17.5 Å². The first-order valence-corrected chi connectivity index (χ1v) is 7.03. The molecule has 2 rings (SSSR count). The summed E-state index contributed by atoms with van der Waals surface area (Å²) in [6.45, 7) is 4.34. The highest BCUT2D eigenvalue weighted by Gasteiger charge is 2.05. The van der Waals surface area contributed by atoms with Crippen molar-refractivity contribution in [1.29, 1.82) is 0 Å². The molecule has 1 heterocycles. The Balaban J connectivity index is 2.02. The number of hydrogen-bond donors (Lipinski definition) is 1. The molecule has 0 saturated heterocycles. The van der Waals surface area contributed by atoms with E-state index in [9.17, 15) is 0 Å². The van der Waals surface area contributed by atoms with Gasteiger partial charge in [0, 0.05) is 6.04 Å². The van der Waals surface area contributed by atoms with E-state index in [4.69, 9.17) is 11.6 Å². The summed E-state index contributed by atoms with van der Waals surface area (Å²) in [7, 11) is 0. The number of rotatable bonds is 5. The molecule has 0 saturated carbocycles. The molecule has 1 aromatic heterocycles. The average molecular weight is 275 g/mol. The van der Waals surface area contributed by atoms with Gasteiger partial charge in [-0.05, 0) is 36.6 Å². The first kappa shape index (κ1) is 13.9. The lowest BCUT2D eigenvalue weighted by Crippen LogP contribution is -2.06. The zero-order valence-corrected chi connectivity index (χ0v) is 12.1. The van der Waals surface area contributed by atoms with E-state index in [2.05, 4.69) is 48.4 Å². The van der Waals surface area contributed by atoms with Crippen molar-refractivity contribution in [3.8, 4) is 0 Å². The lowest BCUT2D eigenvalue weighted by Gasteiger charge is -2.16. The van der Waals surface area contributed by atoms with Crippen LogP contribution in [0.15, 0.2) is 42.6 Å². The quantitative estimate of drug-likeness (QED) is 0.788. The van der Waals surface area contributed by atoms with Crippen LogP contribution in [0, 0.1) is 0 Å². The van der Waals surface area contributed by atoms with Gasteiger partial charge >= 0.3 is 0 Å². The Kier molecular flexibility index (Phi) is 4.80. The normalized spacial score (nSPS) is 12.2. The molecule has 2 aromatic rings. The second kappa shape index (κ2) is 6.58. The average Bonchev–Trinajstić information content (AvgIpc) is 2.42. The fourth-order valence-corrected chi connectivity index (χ4v) is 2.17. The van der Waals surface area contributed by atoms with Crippen LogP contribution in [0.1, 0.15) is 37.4 Å². The summed E-state index contributed by atoms with van der Waals surface area (Å²) in [5.41, 5.74) is 3.65. The summed E-state index contributed by atoms with van der Waals surface area (Å²) >= 11 is 5.77. The number of anilines is 1. The second-order valence-electron chi connectivity index (χ2n) is 4.73. The van der Waals surface area contributed by atoms with Crippen molar-refractivity contribution in [1.82, 2.24) is 4.98 Å². The molecule has 0 aliphatic carbocycles. The van der Waals surface area contributed by atoms with Crippen LogP contribution in [-0.4, -0.2) is 4.98 Å². The van der Waals surface area contributed by atoms with Crippen LogP contribution in [0.4, 0.5) is 5.69 Å². The van der Waals surface area contributed by atoms with E-state index in [-0.39, 0.29) is 6.04 Å². The molecular formula is C16H19ClN2. The first-order chi connectivity index (χ1) is 9.19. The fourth-order valence-electron chi connectivity index (χ4n) is 2.06. The van der Waals surface area contributed by atoms with Gasteiger partial charge in [0.25, 0.3) is 0 Å². The van der Waals surface area contributed by atoms with Crippen LogP contribution >= 0.6 is 11.6 Å². The molecule has 0 spiro atoms. The lowest BCUT2D eigenvalue weighted by atomic mass is 10.0. The molecule has 0 aliphatic heterocycles. The first-order valence-electron chi connectivity index (χ1n) is 6.66. The fraction of sp³-hybridized carbons (Fsp3) is 0.312. The van der Waals surface area contributed by atoms with E-state index in [1.807, 2.05) is 6.07 Å². The summed E-state index contributed by atoms with van der Waals surface area (Å²) in [6, 6.07) is 12.8. The van der Waals surface area contributed by atoms with E-state index >= 15 is 0 Å². The van der Waals surface area contributed by atoms with Gasteiger partial charge in [-0.3, -0.25) is 0 Å². The SMILES string of the molecule is CCCc1ccc(C(C)Nc2ccc(Cl)nc2)cc1. The molecule has 0 bridgehead atoms. The predicted molar refractivity (Wildman–Crippen MR) is 81.7 cm³/mol. The van der Waals surface area contributed by atoms with Crippen molar-refractivity contribution < 1.29 is 0 Å². The smallest absolute Gasteiger partial charge is 0.129 e. The number of aryl methyl sites for hydroxylation is 1. The van der Waals surface area contributed by atoms with Gasteiger partial charge in [0.05, 0.1) is 11.9 Å². The minimum Gasteiger partial charge on any atom is -0.377 e. The van der Waals surface area contributed by atoms with Crippen LogP contribution in [0.2, 0.25) is 5.15 Å². The number of halogens is 1. The zero-order chi connectivity index (χ0) is 13.7. The molecule has 0 radical (unpaired) electrons. The van der Waals surface area contributed by atoms with Crippen molar-refractivity contribution in [3.05, 3.63) is 58.9 Å². The Hall–Kier alpha value is -1.54. The molecule has 1 aromatic carbocycles. The van der Waals surface area contributed by atoms with Crippen LogP contribution in [-0.2, 0) is 6.42 Å². The van der Waals surface area contributed by atoms with Gasteiger partial charge in [0.15, 0.2) is 0 Å². The number of nitrogens with one attached hydrogen (secondary N) is 1. The Morgan fingerprint density at radius 1 is 1.16 bits per heavy atom. The van der Waals surface area contributed by atoms with Crippen LogP contribution in [0.5, 0.6) is 0 Å². The van der Waals surface area contributed by atoms with Crippen LogP contribution in [0.25, 0.3) is 0 Å². The van der Waals surface area contributed by atoms with E-state index in [1.54, 1.807) is 12.3 Å².